The zero-order valence-electron chi connectivity index (χ0n) is 14.0. The molecule has 9 heteroatoms. The molecule has 3 atom stereocenters. The van der Waals surface area contributed by atoms with E-state index >= 15 is 0 Å². The predicted molar refractivity (Wildman–Crippen MR) is 91.9 cm³/mol. The number of rotatable bonds is 7. The van der Waals surface area contributed by atoms with Crippen molar-refractivity contribution >= 4 is 41.0 Å². The van der Waals surface area contributed by atoms with Crippen LogP contribution in [0.5, 0.6) is 0 Å². The molecule has 0 aromatic rings. The van der Waals surface area contributed by atoms with Crippen molar-refractivity contribution in [3.05, 3.63) is 0 Å². The van der Waals surface area contributed by atoms with Crippen LogP contribution in [0.15, 0.2) is 0 Å². The van der Waals surface area contributed by atoms with Crippen molar-refractivity contribution in [2.45, 2.75) is 42.5 Å². The summed E-state index contributed by atoms with van der Waals surface area (Å²) < 4.78 is 4.98. The van der Waals surface area contributed by atoms with Crippen molar-refractivity contribution in [3.63, 3.8) is 0 Å². The molecule has 1 fully saturated rings. The topological polar surface area (TPSA) is 102 Å². The molecule has 1 saturated carbocycles. The second-order valence-electron chi connectivity index (χ2n) is 6.19. The van der Waals surface area contributed by atoms with Crippen LogP contribution in [0.3, 0.4) is 0 Å². The van der Waals surface area contributed by atoms with E-state index in [1.165, 1.54) is 4.90 Å². The Bertz CT molecular complexity index is 452. The third-order valence-electron chi connectivity index (χ3n) is 3.97. The summed E-state index contributed by atoms with van der Waals surface area (Å²) in [6.45, 7) is -0.504. The molecule has 1 aliphatic rings. The molecule has 1 aliphatic carbocycles. The van der Waals surface area contributed by atoms with Gasteiger partial charge in [0, 0.05) is 30.9 Å². The summed E-state index contributed by atoms with van der Waals surface area (Å²) in [5, 5.41) is 2.54. The number of ether oxygens (including phenoxy) is 1. The number of nitrogens with one attached hydrogen (secondary N) is 1. The van der Waals surface area contributed by atoms with Crippen LogP contribution >= 0.6 is 23.2 Å². The van der Waals surface area contributed by atoms with Crippen molar-refractivity contribution in [1.82, 2.24) is 10.2 Å². The van der Waals surface area contributed by atoms with Crippen molar-refractivity contribution in [2.24, 2.45) is 11.7 Å². The Hall–Kier alpha value is -1.05. The normalized spacial score (nSPS) is 24.8. The molecule has 3 unspecified atom stereocenters. The predicted octanol–water partition coefficient (Wildman–Crippen LogP) is 0.466. The average molecular weight is 382 g/mol. The first-order valence-electron chi connectivity index (χ1n) is 7.86. The highest BCUT2D eigenvalue weighted by molar-refractivity contribution is 6.23. The SMILES string of the molecule is CN(C)C(=O)COC(=O)CC(NC(=O)CN)C1CC(Cl)CC(Cl)C1. The number of alkyl halides is 2. The summed E-state index contributed by atoms with van der Waals surface area (Å²) in [6, 6.07) is -0.467. The maximum Gasteiger partial charge on any atom is 0.308 e. The molecule has 24 heavy (non-hydrogen) atoms. The van der Waals surface area contributed by atoms with Crippen molar-refractivity contribution in [1.29, 1.82) is 0 Å². The van der Waals surface area contributed by atoms with Gasteiger partial charge in [-0.05, 0) is 25.2 Å². The van der Waals surface area contributed by atoms with Gasteiger partial charge in [0.05, 0.1) is 13.0 Å². The van der Waals surface area contributed by atoms with Gasteiger partial charge in [-0.15, -0.1) is 23.2 Å². The van der Waals surface area contributed by atoms with Gasteiger partial charge in [0.2, 0.25) is 5.91 Å². The van der Waals surface area contributed by atoms with Gasteiger partial charge < -0.3 is 20.7 Å². The number of likely N-dealkylation sites (N-methyl/N-ethyl adjacent to an activating group) is 1. The molecule has 138 valence electrons. The van der Waals surface area contributed by atoms with Gasteiger partial charge in [-0.1, -0.05) is 0 Å². The van der Waals surface area contributed by atoms with E-state index < -0.39 is 12.0 Å². The minimum atomic E-state index is -0.560. The van der Waals surface area contributed by atoms with E-state index in [-0.39, 0.29) is 48.1 Å². The number of hydrogen-bond acceptors (Lipinski definition) is 5. The molecule has 0 saturated heterocycles. The van der Waals surface area contributed by atoms with E-state index in [9.17, 15) is 14.4 Å². The van der Waals surface area contributed by atoms with Gasteiger partial charge in [0.25, 0.3) is 5.91 Å². The third-order valence-corrected chi connectivity index (χ3v) is 4.68. The summed E-state index contributed by atoms with van der Waals surface area (Å²) in [7, 11) is 3.15. The lowest BCUT2D eigenvalue weighted by Crippen LogP contribution is -2.47. The number of nitrogens with two attached hydrogens (primary N) is 1. The number of nitrogens with zero attached hydrogens (tertiary/aromatic N) is 1. The number of carbonyl (C=O) groups is 3. The Morgan fingerprint density at radius 3 is 2.29 bits per heavy atom. The highest BCUT2D eigenvalue weighted by Gasteiger charge is 2.34. The summed E-state index contributed by atoms with van der Waals surface area (Å²) in [5.74, 6) is -1.28. The van der Waals surface area contributed by atoms with Crippen LogP contribution in [0.2, 0.25) is 0 Å². The number of hydrogen-bond donors (Lipinski definition) is 2. The number of esters is 1. The van der Waals surface area contributed by atoms with Crippen molar-refractivity contribution in [3.8, 4) is 0 Å². The standard InChI is InChI=1S/C15H25Cl2N3O4/c1-20(2)14(22)8-24-15(23)6-12(19-13(21)7-18)9-3-10(16)5-11(17)4-9/h9-12H,3-8,18H2,1-2H3,(H,19,21). The van der Waals surface area contributed by atoms with E-state index in [2.05, 4.69) is 5.32 Å². The second kappa shape index (κ2) is 10.1. The van der Waals surface area contributed by atoms with E-state index in [0.29, 0.717) is 19.3 Å². The monoisotopic (exact) mass is 381 g/mol. The zero-order valence-corrected chi connectivity index (χ0v) is 15.5. The summed E-state index contributed by atoms with van der Waals surface area (Å²) in [6.07, 6.45) is 1.93. The van der Waals surface area contributed by atoms with Gasteiger partial charge in [-0.3, -0.25) is 14.4 Å². The van der Waals surface area contributed by atoms with Crippen LogP contribution in [0, 0.1) is 5.92 Å². The maximum atomic E-state index is 12.0. The summed E-state index contributed by atoms with van der Waals surface area (Å²) in [4.78, 5) is 36.5. The number of carbonyl (C=O) groups excluding carboxylic acids is 3. The van der Waals surface area contributed by atoms with Gasteiger partial charge in [0.1, 0.15) is 0 Å². The highest BCUT2D eigenvalue weighted by atomic mass is 35.5. The van der Waals surface area contributed by atoms with E-state index in [4.69, 9.17) is 33.7 Å². The average Bonchev–Trinajstić information content (AvgIpc) is 2.50. The molecule has 0 aliphatic heterocycles. The lowest BCUT2D eigenvalue weighted by Gasteiger charge is -2.34. The first-order valence-corrected chi connectivity index (χ1v) is 8.73. The molecule has 0 aromatic carbocycles. The highest BCUT2D eigenvalue weighted by Crippen LogP contribution is 2.34. The molecule has 2 amide bonds. The van der Waals surface area contributed by atoms with Crippen LogP contribution in [0.1, 0.15) is 25.7 Å². The van der Waals surface area contributed by atoms with Crippen LogP contribution in [0.25, 0.3) is 0 Å². The molecule has 1 rings (SSSR count). The lowest BCUT2D eigenvalue weighted by atomic mass is 9.82. The molecule has 3 N–H and O–H groups in total. The van der Waals surface area contributed by atoms with Gasteiger partial charge in [-0.25, -0.2) is 0 Å². The molecular weight excluding hydrogens is 357 g/mol. The molecular formula is C15H25Cl2N3O4. The zero-order chi connectivity index (χ0) is 18.3. The van der Waals surface area contributed by atoms with Crippen molar-refractivity contribution in [2.75, 3.05) is 27.2 Å². The Balaban J connectivity index is 2.66. The largest absolute Gasteiger partial charge is 0.456 e. The number of amides is 2. The molecule has 0 aromatic heterocycles. The number of halogens is 2. The van der Waals surface area contributed by atoms with Crippen LogP contribution < -0.4 is 11.1 Å². The van der Waals surface area contributed by atoms with Gasteiger partial charge in [0.15, 0.2) is 6.61 Å². The minimum absolute atomic E-state index is 0.0450. The maximum absolute atomic E-state index is 12.0. The van der Waals surface area contributed by atoms with E-state index in [1.807, 2.05) is 0 Å². The Labute approximate surface area is 152 Å². The fraction of sp³-hybridized carbons (Fsp3) is 0.800. The van der Waals surface area contributed by atoms with Crippen LogP contribution in [-0.2, 0) is 19.1 Å². The Morgan fingerprint density at radius 1 is 1.21 bits per heavy atom. The molecule has 0 radical (unpaired) electrons. The van der Waals surface area contributed by atoms with E-state index in [0.717, 1.165) is 0 Å². The molecule has 7 nitrogen and oxygen atoms in total. The van der Waals surface area contributed by atoms with Crippen LogP contribution in [0.4, 0.5) is 0 Å². The van der Waals surface area contributed by atoms with Crippen LogP contribution in [-0.4, -0.2) is 66.7 Å². The second-order valence-corrected chi connectivity index (χ2v) is 7.43. The minimum Gasteiger partial charge on any atom is -0.456 e. The molecule has 0 bridgehead atoms. The third kappa shape index (κ3) is 7.23. The fourth-order valence-corrected chi connectivity index (χ4v) is 3.64. The first-order chi connectivity index (χ1) is 11.2. The smallest absolute Gasteiger partial charge is 0.308 e. The van der Waals surface area contributed by atoms with Crippen molar-refractivity contribution < 1.29 is 19.1 Å². The quantitative estimate of drug-likeness (QED) is 0.492. The Morgan fingerprint density at radius 2 is 1.79 bits per heavy atom. The molecule has 0 spiro atoms. The molecule has 0 heterocycles. The summed E-state index contributed by atoms with van der Waals surface area (Å²) in [5.41, 5.74) is 5.34. The fourth-order valence-electron chi connectivity index (χ4n) is 2.66. The lowest BCUT2D eigenvalue weighted by molar-refractivity contribution is -0.151. The first kappa shape index (κ1) is 21.0. The summed E-state index contributed by atoms with van der Waals surface area (Å²) >= 11 is 12.4. The Kier molecular flexibility index (Phi) is 8.80. The van der Waals surface area contributed by atoms with Gasteiger partial charge >= 0.3 is 5.97 Å². The van der Waals surface area contributed by atoms with Gasteiger partial charge in [-0.2, -0.15) is 0 Å². The van der Waals surface area contributed by atoms with E-state index in [1.54, 1.807) is 14.1 Å².